The third-order valence-electron chi connectivity index (χ3n) is 5.31. The summed E-state index contributed by atoms with van der Waals surface area (Å²) in [5.74, 6) is 0.308. The summed E-state index contributed by atoms with van der Waals surface area (Å²) < 4.78 is 12.4. The second kappa shape index (κ2) is 19.1. The van der Waals surface area contributed by atoms with Gasteiger partial charge >= 0.3 is 21.7 Å². The molecule has 0 bridgehead atoms. The first kappa shape index (κ1) is 37.0. The van der Waals surface area contributed by atoms with Crippen LogP contribution in [0.15, 0.2) is 66.2 Å². The van der Waals surface area contributed by atoms with Gasteiger partial charge in [-0.25, -0.2) is 0 Å². The molecule has 1 fully saturated rings. The normalized spacial score (nSPS) is 17.4. The van der Waals surface area contributed by atoms with E-state index in [9.17, 15) is 0 Å². The fraction of sp³-hybridized carbons (Fsp3) is 0.531. The average Bonchev–Trinajstić information content (AvgIpc) is 3.08. The SMILES string of the molecule is CC(C)O.CC(C)O.[CH2-]C1CC(COCc2ccccc2)(COCc2ccccc2)CC1=[C-][Si](C)(C)C.[Ti+2]. The number of aliphatic hydroxyl groups is 2. The van der Waals surface area contributed by atoms with Gasteiger partial charge in [0.25, 0.3) is 0 Å². The minimum Gasteiger partial charge on any atom is -0.500 e. The molecule has 6 heteroatoms. The summed E-state index contributed by atoms with van der Waals surface area (Å²) in [4.78, 5) is 0. The number of benzene rings is 2. The van der Waals surface area contributed by atoms with Gasteiger partial charge in [0, 0.05) is 17.6 Å². The van der Waals surface area contributed by atoms with Crippen LogP contribution in [0.25, 0.3) is 0 Å². The van der Waals surface area contributed by atoms with Crippen molar-refractivity contribution >= 4 is 8.07 Å². The molecule has 0 heterocycles. The Bertz CT molecular complexity index is 822. The summed E-state index contributed by atoms with van der Waals surface area (Å²) in [5.41, 5.74) is 7.61. The molecule has 1 aliphatic rings. The first-order valence-electron chi connectivity index (χ1n) is 13.4. The Hall–Kier alpha value is -1.05. The third kappa shape index (κ3) is 17.5. The maximum atomic E-state index is 8.06. The van der Waals surface area contributed by atoms with Gasteiger partial charge in [0.15, 0.2) is 0 Å². The summed E-state index contributed by atoms with van der Waals surface area (Å²) in [6, 6.07) is 20.8. The number of allylic oxidation sites excluding steroid dienone is 1. The van der Waals surface area contributed by atoms with E-state index in [0.717, 1.165) is 12.8 Å². The molecule has 1 atom stereocenters. The molecule has 1 aliphatic carbocycles. The van der Waals surface area contributed by atoms with Crippen molar-refractivity contribution in [1.29, 1.82) is 0 Å². The van der Waals surface area contributed by atoms with Gasteiger partial charge in [0.1, 0.15) is 0 Å². The molecule has 2 aromatic carbocycles. The molecular weight excluding hydrogens is 524 g/mol. The molecule has 0 aliphatic heterocycles. The molecule has 210 valence electrons. The Morgan fingerprint density at radius 3 is 1.55 bits per heavy atom. The molecule has 1 saturated carbocycles. The summed E-state index contributed by atoms with van der Waals surface area (Å²) in [6.45, 7) is 21.0. The molecular formula is C32H50O4SiTi. The van der Waals surface area contributed by atoms with E-state index in [4.69, 9.17) is 19.7 Å². The quantitative estimate of drug-likeness (QED) is 0.249. The van der Waals surface area contributed by atoms with E-state index in [1.807, 2.05) is 12.1 Å². The smallest absolute Gasteiger partial charge is 0.500 e. The van der Waals surface area contributed by atoms with Crippen molar-refractivity contribution in [3.63, 3.8) is 0 Å². The van der Waals surface area contributed by atoms with Crippen molar-refractivity contribution in [3.05, 3.63) is 90.0 Å². The van der Waals surface area contributed by atoms with Gasteiger partial charge in [-0.05, 0) is 38.8 Å². The Balaban J connectivity index is 0.00000134. The van der Waals surface area contributed by atoms with E-state index in [2.05, 4.69) is 80.8 Å². The molecule has 0 spiro atoms. The summed E-state index contributed by atoms with van der Waals surface area (Å²) in [6.07, 6.45) is 1.65. The van der Waals surface area contributed by atoms with Crippen LogP contribution in [-0.2, 0) is 44.4 Å². The van der Waals surface area contributed by atoms with Gasteiger partial charge in [-0.2, -0.15) is 5.92 Å². The molecule has 4 nitrogen and oxygen atoms in total. The van der Waals surface area contributed by atoms with E-state index in [1.165, 1.54) is 16.7 Å². The first-order valence-corrected chi connectivity index (χ1v) is 16.9. The maximum Gasteiger partial charge on any atom is 2.00 e. The van der Waals surface area contributed by atoms with Crippen LogP contribution in [0.1, 0.15) is 51.7 Å². The monoisotopic (exact) mass is 574 g/mol. The van der Waals surface area contributed by atoms with Crippen LogP contribution in [-0.4, -0.2) is 43.7 Å². The largest absolute Gasteiger partial charge is 2.00 e. The van der Waals surface area contributed by atoms with Crippen molar-refractivity contribution in [3.8, 4) is 0 Å². The molecule has 3 rings (SSSR count). The van der Waals surface area contributed by atoms with Crippen LogP contribution >= 0.6 is 0 Å². The van der Waals surface area contributed by atoms with Gasteiger partial charge in [-0.3, -0.25) is 5.57 Å². The van der Waals surface area contributed by atoms with Gasteiger partial charge in [0.2, 0.25) is 0 Å². The van der Waals surface area contributed by atoms with E-state index >= 15 is 0 Å². The van der Waals surface area contributed by atoms with Crippen LogP contribution in [0.4, 0.5) is 0 Å². The predicted molar refractivity (Wildman–Crippen MR) is 158 cm³/mol. The van der Waals surface area contributed by atoms with Gasteiger partial charge < -0.3 is 32.3 Å². The molecule has 2 aromatic rings. The fourth-order valence-electron chi connectivity index (χ4n) is 4.08. The van der Waals surface area contributed by atoms with E-state index < -0.39 is 8.07 Å². The van der Waals surface area contributed by atoms with Crippen LogP contribution in [0.3, 0.4) is 0 Å². The Labute approximate surface area is 248 Å². The van der Waals surface area contributed by atoms with Crippen LogP contribution < -0.4 is 0 Å². The van der Waals surface area contributed by atoms with Gasteiger partial charge in [-0.1, -0.05) is 93.1 Å². The third-order valence-corrected chi connectivity index (χ3v) is 6.38. The van der Waals surface area contributed by atoms with E-state index in [0.29, 0.717) is 32.3 Å². The molecule has 38 heavy (non-hydrogen) atoms. The molecule has 1 unspecified atom stereocenters. The van der Waals surface area contributed by atoms with Crippen LogP contribution in [0, 0.1) is 24.0 Å². The summed E-state index contributed by atoms with van der Waals surface area (Å²) in [7, 11) is -1.40. The van der Waals surface area contributed by atoms with Crippen molar-refractivity contribution < 1.29 is 41.4 Å². The predicted octanol–water partition coefficient (Wildman–Crippen LogP) is 7.03. The molecule has 2 N–H and O–H groups in total. The zero-order valence-electron chi connectivity index (χ0n) is 24.7. The van der Waals surface area contributed by atoms with Gasteiger partial charge in [0.05, 0.1) is 26.4 Å². The number of rotatable bonds is 9. The molecule has 0 aromatic heterocycles. The van der Waals surface area contributed by atoms with Gasteiger partial charge in [-0.15, -0.1) is 8.07 Å². The number of hydrogen-bond donors (Lipinski definition) is 2. The molecule has 0 radical (unpaired) electrons. The Morgan fingerprint density at radius 1 is 0.842 bits per heavy atom. The van der Waals surface area contributed by atoms with Crippen molar-refractivity contribution in [2.75, 3.05) is 13.2 Å². The second-order valence-corrected chi connectivity index (χ2v) is 16.4. The zero-order chi connectivity index (χ0) is 27.9. The Morgan fingerprint density at radius 2 is 1.21 bits per heavy atom. The second-order valence-electron chi connectivity index (χ2n) is 11.6. The number of ether oxygens (including phenoxy) is 2. The molecule has 0 amide bonds. The van der Waals surface area contributed by atoms with Crippen molar-refractivity contribution in [2.45, 2.75) is 85.6 Å². The first-order chi connectivity index (χ1) is 17.3. The van der Waals surface area contributed by atoms with Crippen molar-refractivity contribution in [1.82, 2.24) is 0 Å². The summed E-state index contributed by atoms with van der Waals surface area (Å²) >= 11 is 0. The summed E-state index contributed by atoms with van der Waals surface area (Å²) in [5, 5.41) is 16.1. The van der Waals surface area contributed by atoms with Crippen LogP contribution in [0.5, 0.6) is 0 Å². The fourth-order valence-corrected chi connectivity index (χ4v) is 5.33. The minimum absolute atomic E-state index is 0. The average molecular weight is 575 g/mol. The zero-order valence-corrected chi connectivity index (χ0v) is 27.2. The topological polar surface area (TPSA) is 58.9 Å². The van der Waals surface area contributed by atoms with Crippen LogP contribution in [0.2, 0.25) is 19.6 Å². The van der Waals surface area contributed by atoms with Crippen molar-refractivity contribution in [2.24, 2.45) is 11.3 Å². The standard InChI is InChI=1S/C26H34O2Si.2C3H8O.Ti/c1-22-15-26(16-25(22)19-29(2,3)4,20-27-17-23-11-7-5-8-12-23)21-28-18-24-13-9-6-10-14-24;2*1-3(2)4;/h5-14,22H,1,15-18,20-21H2,2-4H3;2*3-4H,1-2H3;/q-2;;;+2. The molecule has 0 saturated heterocycles. The minimum atomic E-state index is -1.40. The Kier molecular flexibility index (Phi) is 18.6. The van der Waals surface area contributed by atoms with E-state index in [1.54, 1.807) is 27.7 Å². The maximum absolute atomic E-state index is 8.06. The number of aliphatic hydroxyl groups excluding tert-OH is 2. The van der Waals surface area contributed by atoms with E-state index in [-0.39, 0.29) is 39.3 Å². The number of hydrogen-bond acceptors (Lipinski definition) is 4.